The van der Waals surface area contributed by atoms with Crippen LogP contribution in [0.2, 0.25) is 0 Å². The largest absolute Gasteiger partial charge is 0.454 e. The molecule has 0 amide bonds. The van der Waals surface area contributed by atoms with Gasteiger partial charge in [0.1, 0.15) is 0 Å². The Balaban J connectivity index is 1.78. The van der Waals surface area contributed by atoms with E-state index in [1.165, 1.54) is 0 Å². The second kappa shape index (κ2) is 5.21. The second-order valence-electron chi connectivity index (χ2n) is 4.62. The molecule has 0 aromatic heterocycles. The zero-order valence-corrected chi connectivity index (χ0v) is 11.1. The van der Waals surface area contributed by atoms with Crippen LogP contribution in [0.3, 0.4) is 0 Å². The Morgan fingerprint density at radius 2 is 1.60 bits per heavy atom. The van der Waals surface area contributed by atoms with Gasteiger partial charge >= 0.3 is 0 Å². The van der Waals surface area contributed by atoms with Crippen LogP contribution in [0, 0.1) is 0 Å². The molecule has 0 spiro atoms. The first-order valence-corrected chi connectivity index (χ1v) is 6.41. The van der Waals surface area contributed by atoms with Crippen molar-refractivity contribution < 1.29 is 14.3 Å². The molecule has 0 N–H and O–H groups in total. The first kappa shape index (κ1) is 12.5. The van der Waals surface area contributed by atoms with Crippen LogP contribution in [0.1, 0.15) is 28.4 Å². The molecule has 20 heavy (non-hydrogen) atoms. The van der Waals surface area contributed by atoms with Crippen LogP contribution in [-0.4, -0.2) is 12.6 Å². The van der Waals surface area contributed by atoms with Gasteiger partial charge in [-0.2, -0.15) is 0 Å². The fourth-order valence-corrected chi connectivity index (χ4v) is 2.04. The predicted molar refractivity (Wildman–Crippen MR) is 77.9 cm³/mol. The Bertz CT molecular complexity index is 669. The molecule has 0 bridgehead atoms. The van der Waals surface area contributed by atoms with Crippen LogP contribution in [0.25, 0.3) is 12.2 Å². The van der Waals surface area contributed by atoms with Gasteiger partial charge in [0.25, 0.3) is 0 Å². The third-order valence-electron chi connectivity index (χ3n) is 3.18. The van der Waals surface area contributed by atoms with Gasteiger partial charge in [0.2, 0.25) is 6.79 Å². The number of ketones is 1. The lowest BCUT2D eigenvalue weighted by Crippen LogP contribution is -1.92. The van der Waals surface area contributed by atoms with Gasteiger partial charge in [-0.25, -0.2) is 0 Å². The maximum Gasteiger partial charge on any atom is 0.231 e. The van der Waals surface area contributed by atoms with Crippen molar-refractivity contribution in [3.63, 3.8) is 0 Å². The summed E-state index contributed by atoms with van der Waals surface area (Å²) in [5, 5.41) is 0. The van der Waals surface area contributed by atoms with E-state index < -0.39 is 0 Å². The molecule has 0 unspecified atom stereocenters. The lowest BCUT2D eigenvalue weighted by Gasteiger charge is -1.99. The van der Waals surface area contributed by atoms with Crippen LogP contribution in [0.4, 0.5) is 0 Å². The van der Waals surface area contributed by atoms with Gasteiger partial charge in [0, 0.05) is 5.56 Å². The van der Waals surface area contributed by atoms with Crippen LogP contribution in [0.5, 0.6) is 11.5 Å². The van der Waals surface area contributed by atoms with Crippen LogP contribution in [0.15, 0.2) is 42.5 Å². The molecular weight excluding hydrogens is 252 g/mol. The van der Waals surface area contributed by atoms with E-state index in [1.807, 2.05) is 54.6 Å². The van der Waals surface area contributed by atoms with Crippen molar-refractivity contribution in [1.29, 1.82) is 0 Å². The average Bonchev–Trinajstić information content (AvgIpc) is 2.93. The minimum Gasteiger partial charge on any atom is -0.454 e. The van der Waals surface area contributed by atoms with Gasteiger partial charge in [0.15, 0.2) is 17.3 Å². The fourth-order valence-electron chi connectivity index (χ4n) is 2.04. The maximum absolute atomic E-state index is 11.2. The molecule has 3 rings (SSSR count). The van der Waals surface area contributed by atoms with E-state index in [-0.39, 0.29) is 12.6 Å². The van der Waals surface area contributed by atoms with Gasteiger partial charge < -0.3 is 9.47 Å². The summed E-state index contributed by atoms with van der Waals surface area (Å²) in [5.41, 5.74) is 2.82. The van der Waals surface area contributed by atoms with E-state index in [0.29, 0.717) is 0 Å². The first-order valence-electron chi connectivity index (χ1n) is 6.41. The molecular formula is C17H14O3. The van der Waals surface area contributed by atoms with Crippen molar-refractivity contribution in [2.24, 2.45) is 0 Å². The summed E-state index contributed by atoms with van der Waals surface area (Å²) in [4.78, 5) is 11.2. The molecule has 0 fully saturated rings. The molecule has 3 heteroatoms. The predicted octanol–water partition coefficient (Wildman–Crippen LogP) is 3.79. The summed E-state index contributed by atoms with van der Waals surface area (Å²) in [5.74, 6) is 1.64. The van der Waals surface area contributed by atoms with Crippen molar-refractivity contribution in [2.45, 2.75) is 6.92 Å². The number of carbonyl (C=O) groups is 1. The molecule has 3 nitrogen and oxygen atoms in total. The van der Waals surface area contributed by atoms with E-state index in [9.17, 15) is 4.79 Å². The topological polar surface area (TPSA) is 35.5 Å². The van der Waals surface area contributed by atoms with Gasteiger partial charge in [-0.1, -0.05) is 42.5 Å². The minimum atomic E-state index is 0.0799. The smallest absolute Gasteiger partial charge is 0.231 e. The molecule has 0 aliphatic carbocycles. The third kappa shape index (κ3) is 2.57. The van der Waals surface area contributed by atoms with Crippen molar-refractivity contribution in [2.75, 3.05) is 6.79 Å². The zero-order valence-electron chi connectivity index (χ0n) is 11.1. The Kier molecular flexibility index (Phi) is 3.25. The Morgan fingerprint density at radius 3 is 2.35 bits per heavy atom. The molecule has 2 aromatic carbocycles. The molecule has 0 saturated heterocycles. The average molecular weight is 266 g/mol. The highest BCUT2D eigenvalue weighted by atomic mass is 16.7. The maximum atomic E-state index is 11.2. The Morgan fingerprint density at radius 1 is 0.950 bits per heavy atom. The first-order chi connectivity index (χ1) is 9.72. The quantitative estimate of drug-likeness (QED) is 0.626. The van der Waals surface area contributed by atoms with E-state index in [1.54, 1.807) is 6.92 Å². The van der Waals surface area contributed by atoms with Crippen molar-refractivity contribution in [3.8, 4) is 11.5 Å². The van der Waals surface area contributed by atoms with Crippen molar-refractivity contribution >= 4 is 17.9 Å². The fraction of sp³-hybridized carbons (Fsp3) is 0.118. The van der Waals surface area contributed by atoms with Gasteiger partial charge in [-0.15, -0.1) is 0 Å². The molecule has 1 heterocycles. The number of benzene rings is 2. The lowest BCUT2D eigenvalue weighted by molar-refractivity contribution is 0.101. The summed E-state index contributed by atoms with van der Waals surface area (Å²) in [6, 6.07) is 13.4. The summed E-state index contributed by atoms with van der Waals surface area (Å²) < 4.78 is 10.6. The molecule has 1 aliphatic heterocycles. The highest BCUT2D eigenvalue weighted by molar-refractivity contribution is 5.94. The second-order valence-corrected chi connectivity index (χ2v) is 4.62. The van der Waals surface area contributed by atoms with Crippen LogP contribution in [-0.2, 0) is 0 Å². The summed E-state index contributed by atoms with van der Waals surface area (Å²) in [7, 11) is 0. The molecule has 0 atom stereocenters. The lowest BCUT2D eigenvalue weighted by atomic mass is 10.1. The highest BCUT2D eigenvalue weighted by Gasteiger charge is 2.12. The molecule has 0 radical (unpaired) electrons. The van der Waals surface area contributed by atoms with Gasteiger partial charge in [-0.05, 0) is 30.2 Å². The molecule has 1 aliphatic rings. The molecule has 100 valence electrons. The number of hydrogen-bond donors (Lipinski definition) is 0. The van der Waals surface area contributed by atoms with Crippen molar-refractivity contribution in [1.82, 2.24) is 0 Å². The van der Waals surface area contributed by atoms with Gasteiger partial charge in [0.05, 0.1) is 0 Å². The molecule has 0 saturated carbocycles. The Labute approximate surface area is 117 Å². The number of fused-ring (bicyclic) bond motifs is 1. The Hall–Kier alpha value is -2.55. The SMILES string of the molecule is CC(=O)c1ccc(/C=C/c2ccc3c(c2)OCO3)cc1. The van der Waals surface area contributed by atoms with Crippen LogP contribution >= 0.6 is 0 Å². The van der Waals surface area contributed by atoms with Crippen molar-refractivity contribution in [3.05, 3.63) is 59.2 Å². The number of Topliss-reactive ketones (excluding diaryl/α,β-unsaturated/α-hetero) is 1. The van der Waals surface area contributed by atoms with Crippen LogP contribution < -0.4 is 9.47 Å². The number of rotatable bonds is 3. The van der Waals surface area contributed by atoms with E-state index in [4.69, 9.17) is 9.47 Å². The van der Waals surface area contributed by atoms with E-state index in [0.717, 1.165) is 28.2 Å². The van der Waals surface area contributed by atoms with E-state index in [2.05, 4.69) is 0 Å². The summed E-state index contributed by atoms with van der Waals surface area (Å²) in [6.45, 7) is 1.85. The van der Waals surface area contributed by atoms with Gasteiger partial charge in [-0.3, -0.25) is 4.79 Å². The minimum absolute atomic E-state index is 0.0799. The molecule has 2 aromatic rings. The third-order valence-corrected chi connectivity index (χ3v) is 3.18. The summed E-state index contributed by atoms with van der Waals surface area (Å²) in [6.07, 6.45) is 4.01. The summed E-state index contributed by atoms with van der Waals surface area (Å²) >= 11 is 0. The zero-order chi connectivity index (χ0) is 13.9. The normalized spacial score (nSPS) is 12.8. The highest BCUT2D eigenvalue weighted by Crippen LogP contribution is 2.32. The standard InChI is InChI=1S/C17H14O3/c1-12(18)15-7-4-13(5-8-15)2-3-14-6-9-16-17(10-14)20-11-19-16/h2-10H,11H2,1H3/b3-2+. The van der Waals surface area contributed by atoms with E-state index >= 15 is 0 Å². The number of carbonyl (C=O) groups excluding carboxylic acids is 1. The monoisotopic (exact) mass is 266 g/mol. The number of ether oxygens (including phenoxy) is 2. The number of hydrogen-bond acceptors (Lipinski definition) is 3.